The van der Waals surface area contributed by atoms with Crippen LogP contribution in [0.25, 0.3) is 0 Å². The van der Waals surface area contributed by atoms with E-state index in [-0.39, 0.29) is 16.8 Å². The van der Waals surface area contributed by atoms with Gasteiger partial charge in [-0.15, -0.1) is 0 Å². The van der Waals surface area contributed by atoms with Crippen molar-refractivity contribution < 1.29 is 22.7 Å². The number of nitrogens with one attached hydrogen (secondary N) is 3. The van der Waals surface area contributed by atoms with E-state index >= 15 is 0 Å². The Bertz CT molecular complexity index is 1070. The van der Waals surface area contributed by atoms with Crippen LogP contribution in [0.15, 0.2) is 47.4 Å². The van der Waals surface area contributed by atoms with E-state index in [0.29, 0.717) is 29.3 Å². The summed E-state index contributed by atoms with van der Waals surface area (Å²) in [7, 11) is -2.48. The summed E-state index contributed by atoms with van der Waals surface area (Å²) < 4.78 is 32.1. The molecule has 0 bridgehead atoms. The Balaban J connectivity index is 1.52. The number of ether oxygens (including phenoxy) is 1. The van der Waals surface area contributed by atoms with Crippen molar-refractivity contribution in [2.45, 2.75) is 43.0 Å². The first-order chi connectivity index (χ1) is 15.3. The van der Waals surface area contributed by atoms with Crippen LogP contribution in [-0.4, -0.2) is 40.1 Å². The van der Waals surface area contributed by atoms with Crippen LogP contribution < -0.4 is 20.1 Å². The van der Waals surface area contributed by atoms with Gasteiger partial charge in [0.2, 0.25) is 0 Å². The van der Waals surface area contributed by atoms with Gasteiger partial charge in [0.05, 0.1) is 17.6 Å². The zero-order valence-corrected chi connectivity index (χ0v) is 19.3. The molecule has 0 atom stereocenters. The second-order valence-electron chi connectivity index (χ2n) is 7.55. The molecule has 8 nitrogen and oxygen atoms in total. The molecule has 3 amide bonds. The maximum absolute atomic E-state index is 12.4. The summed E-state index contributed by atoms with van der Waals surface area (Å²) in [5, 5.41) is 5.92. The summed E-state index contributed by atoms with van der Waals surface area (Å²) >= 11 is 5.96. The van der Waals surface area contributed by atoms with Gasteiger partial charge >= 0.3 is 6.03 Å². The molecule has 0 aromatic heterocycles. The van der Waals surface area contributed by atoms with Gasteiger partial charge in [-0.05, 0) is 55.2 Å². The number of urea groups is 1. The second-order valence-corrected chi connectivity index (χ2v) is 9.67. The van der Waals surface area contributed by atoms with Gasteiger partial charge in [-0.25, -0.2) is 17.9 Å². The van der Waals surface area contributed by atoms with Crippen LogP contribution in [0.4, 0.5) is 4.79 Å². The van der Waals surface area contributed by atoms with E-state index in [9.17, 15) is 18.0 Å². The zero-order chi connectivity index (χ0) is 23.1. The Hall–Kier alpha value is -2.78. The number of methoxy groups -OCH3 is 1. The van der Waals surface area contributed by atoms with Crippen LogP contribution >= 0.6 is 11.6 Å². The van der Waals surface area contributed by atoms with Crippen molar-refractivity contribution in [3.8, 4) is 5.75 Å². The largest absolute Gasteiger partial charge is 0.496 e. The van der Waals surface area contributed by atoms with Gasteiger partial charge in [0.15, 0.2) is 0 Å². The Morgan fingerprint density at radius 1 is 1.09 bits per heavy atom. The molecule has 2 aromatic rings. The van der Waals surface area contributed by atoms with Crippen LogP contribution in [0.3, 0.4) is 0 Å². The minimum absolute atomic E-state index is 0.00415. The molecule has 1 saturated carbocycles. The molecule has 0 aliphatic heterocycles. The van der Waals surface area contributed by atoms with Crippen molar-refractivity contribution >= 4 is 33.6 Å². The number of benzene rings is 2. The third-order valence-corrected chi connectivity index (χ3v) is 6.84. The number of hydrogen-bond acceptors (Lipinski definition) is 5. The summed E-state index contributed by atoms with van der Waals surface area (Å²) in [5.74, 6) is 0.104. The van der Waals surface area contributed by atoms with Crippen LogP contribution in [0.1, 0.15) is 41.6 Å². The van der Waals surface area contributed by atoms with E-state index in [0.717, 1.165) is 31.2 Å². The summed E-state index contributed by atoms with van der Waals surface area (Å²) in [5.41, 5.74) is 1.17. The summed E-state index contributed by atoms with van der Waals surface area (Å²) in [6, 6.07) is 10.3. The molecule has 10 heteroatoms. The van der Waals surface area contributed by atoms with Crippen LogP contribution in [0, 0.1) is 0 Å². The summed E-state index contributed by atoms with van der Waals surface area (Å²) in [4.78, 5) is 24.4. The lowest BCUT2D eigenvalue weighted by Gasteiger charge is -2.13. The lowest BCUT2D eigenvalue weighted by atomic mass is 10.1. The van der Waals surface area contributed by atoms with Gasteiger partial charge in [-0.2, -0.15) is 0 Å². The van der Waals surface area contributed by atoms with Gasteiger partial charge in [0.25, 0.3) is 15.9 Å². The van der Waals surface area contributed by atoms with E-state index in [2.05, 4.69) is 15.4 Å². The van der Waals surface area contributed by atoms with Gasteiger partial charge in [0.1, 0.15) is 5.75 Å². The molecule has 0 radical (unpaired) electrons. The first kappa shape index (κ1) is 23.9. The molecule has 172 valence electrons. The summed E-state index contributed by atoms with van der Waals surface area (Å²) in [6.07, 6.45) is 4.29. The topological polar surface area (TPSA) is 114 Å². The third kappa shape index (κ3) is 6.37. The normalized spacial score (nSPS) is 14.1. The Labute approximate surface area is 192 Å². The fourth-order valence-electron chi connectivity index (χ4n) is 3.57. The summed E-state index contributed by atoms with van der Waals surface area (Å²) in [6.45, 7) is 0.336. The first-order valence-corrected chi connectivity index (χ1v) is 12.2. The first-order valence-electron chi connectivity index (χ1n) is 10.3. The van der Waals surface area contributed by atoms with Gasteiger partial charge < -0.3 is 15.4 Å². The average Bonchev–Trinajstić information content (AvgIpc) is 3.26. The second kappa shape index (κ2) is 10.7. The molecule has 32 heavy (non-hydrogen) atoms. The third-order valence-electron chi connectivity index (χ3n) is 5.26. The molecule has 3 rings (SSSR count). The number of carbonyl (C=O) groups is 2. The number of rotatable bonds is 8. The lowest BCUT2D eigenvalue weighted by molar-refractivity contribution is 0.0951. The molecule has 2 aromatic carbocycles. The standard InChI is InChI=1S/C22H26ClN3O5S/c1-31-20-11-8-16(23)14-19(20)21(27)24-13-12-15-6-9-18(10-7-15)32(29,30)26-22(28)25-17-4-2-3-5-17/h6-11,14,17H,2-5,12-13H2,1H3,(H,24,27)(H2,25,26,28). The molecular formula is C22H26ClN3O5S. The average molecular weight is 480 g/mol. The monoisotopic (exact) mass is 479 g/mol. The Morgan fingerprint density at radius 3 is 2.44 bits per heavy atom. The molecule has 1 aliphatic rings. The number of sulfonamides is 1. The SMILES string of the molecule is COc1ccc(Cl)cc1C(=O)NCCc1ccc(S(=O)(=O)NC(=O)NC2CCCC2)cc1. The molecule has 0 heterocycles. The highest BCUT2D eigenvalue weighted by Gasteiger charge is 2.22. The van der Waals surface area contributed by atoms with E-state index in [1.54, 1.807) is 24.3 Å². The smallest absolute Gasteiger partial charge is 0.328 e. The fraction of sp³-hybridized carbons (Fsp3) is 0.364. The maximum atomic E-state index is 12.4. The molecule has 3 N–H and O–H groups in total. The number of hydrogen-bond donors (Lipinski definition) is 3. The van der Waals surface area contributed by atoms with Crippen LogP contribution in [0.2, 0.25) is 5.02 Å². The van der Waals surface area contributed by atoms with Gasteiger partial charge in [0, 0.05) is 17.6 Å². The minimum atomic E-state index is -3.96. The van der Waals surface area contributed by atoms with Gasteiger partial charge in [-0.1, -0.05) is 36.6 Å². The van der Waals surface area contributed by atoms with E-state index in [1.165, 1.54) is 25.3 Å². The molecule has 1 fully saturated rings. The van der Waals surface area contributed by atoms with Crippen LogP contribution in [0.5, 0.6) is 5.75 Å². The van der Waals surface area contributed by atoms with E-state index in [1.807, 2.05) is 0 Å². The van der Waals surface area contributed by atoms with Crippen molar-refractivity contribution in [2.75, 3.05) is 13.7 Å². The molecular weight excluding hydrogens is 454 g/mol. The van der Waals surface area contributed by atoms with E-state index < -0.39 is 16.1 Å². The predicted molar refractivity (Wildman–Crippen MR) is 122 cm³/mol. The lowest BCUT2D eigenvalue weighted by Crippen LogP contribution is -2.43. The van der Waals surface area contributed by atoms with Crippen molar-refractivity contribution in [2.24, 2.45) is 0 Å². The quantitative estimate of drug-likeness (QED) is 0.537. The molecule has 1 aliphatic carbocycles. The van der Waals surface area contributed by atoms with Crippen molar-refractivity contribution in [1.29, 1.82) is 0 Å². The molecule has 0 spiro atoms. The maximum Gasteiger partial charge on any atom is 0.328 e. The fourth-order valence-corrected chi connectivity index (χ4v) is 4.66. The number of carbonyl (C=O) groups excluding carboxylic acids is 2. The highest BCUT2D eigenvalue weighted by molar-refractivity contribution is 7.90. The van der Waals surface area contributed by atoms with Crippen LogP contribution in [-0.2, 0) is 16.4 Å². The highest BCUT2D eigenvalue weighted by atomic mass is 35.5. The number of amides is 3. The van der Waals surface area contributed by atoms with E-state index in [4.69, 9.17) is 16.3 Å². The van der Waals surface area contributed by atoms with Crippen molar-refractivity contribution in [3.05, 3.63) is 58.6 Å². The van der Waals surface area contributed by atoms with Crippen molar-refractivity contribution in [1.82, 2.24) is 15.4 Å². The highest BCUT2D eigenvalue weighted by Crippen LogP contribution is 2.22. The zero-order valence-electron chi connectivity index (χ0n) is 17.7. The Morgan fingerprint density at radius 2 is 1.78 bits per heavy atom. The molecule has 0 unspecified atom stereocenters. The minimum Gasteiger partial charge on any atom is -0.496 e. The van der Waals surface area contributed by atoms with Crippen molar-refractivity contribution in [3.63, 3.8) is 0 Å². The molecule has 0 saturated heterocycles. The number of halogens is 1. The van der Waals surface area contributed by atoms with Gasteiger partial charge in [-0.3, -0.25) is 4.79 Å². The predicted octanol–water partition coefficient (Wildman–Crippen LogP) is 3.25. The Kier molecular flexibility index (Phi) is 7.98.